The minimum atomic E-state index is -5.51. The van der Waals surface area contributed by atoms with Gasteiger partial charge in [-0.15, -0.1) is 0 Å². The highest BCUT2D eigenvalue weighted by Gasteiger charge is 2.52. The van der Waals surface area contributed by atoms with Gasteiger partial charge in [-0.25, -0.2) is 0 Å². The number of rotatable bonds is 4. The van der Waals surface area contributed by atoms with Crippen molar-refractivity contribution in [1.82, 2.24) is 0 Å². The number of phosphoric ester groups is 2. The van der Waals surface area contributed by atoms with E-state index in [0.29, 0.717) is 0 Å². The van der Waals surface area contributed by atoms with Crippen molar-refractivity contribution in [1.29, 1.82) is 0 Å². The minimum absolute atomic E-state index is 2.12. The van der Waals surface area contributed by atoms with Crippen molar-refractivity contribution in [2.75, 3.05) is 0 Å². The Balaban J connectivity index is 3.09. The zero-order chi connectivity index (χ0) is 15.9. The topological polar surface area (TPSA) is 220 Å². The van der Waals surface area contributed by atoms with Crippen LogP contribution in [0.4, 0.5) is 0 Å². The molecule has 0 bridgehead atoms. The Bertz CT molecular complexity index is 388. The Morgan fingerprint density at radius 1 is 0.700 bits per heavy atom. The predicted molar refractivity (Wildman–Crippen MR) is 53.4 cm³/mol. The van der Waals surface area contributed by atoms with Crippen molar-refractivity contribution >= 4 is 15.6 Å². The number of aliphatic hydroxyl groups excluding tert-OH is 4. The Labute approximate surface area is 111 Å². The van der Waals surface area contributed by atoms with Crippen LogP contribution in [0.15, 0.2) is 0 Å². The third kappa shape index (κ3) is 4.53. The SMILES string of the molecule is O=P([O-])(O)O[C@@H]1[C@H](O)[C@@H](O)[C@H](O)[C@@H](O)[C@@H]1OP(=O)([O-])O. The largest absolute Gasteiger partial charge is 0.756 e. The molecular formula is C6H12O12P2-2. The molecule has 0 aliphatic heterocycles. The van der Waals surface area contributed by atoms with Crippen molar-refractivity contribution in [2.45, 2.75) is 36.6 Å². The lowest BCUT2D eigenvalue weighted by atomic mass is 9.85. The summed E-state index contributed by atoms with van der Waals surface area (Å²) < 4.78 is 29.1. The zero-order valence-corrected chi connectivity index (χ0v) is 11.3. The summed E-state index contributed by atoms with van der Waals surface area (Å²) in [6.45, 7) is 0. The lowest BCUT2D eigenvalue weighted by molar-refractivity contribution is -0.271. The summed E-state index contributed by atoms with van der Waals surface area (Å²) in [5, 5.41) is 37.6. The van der Waals surface area contributed by atoms with Gasteiger partial charge in [-0.2, -0.15) is 0 Å². The van der Waals surface area contributed by atoms with Gasteiger partial charge < -0.3 is 49.0 Å². The fourth-order valence-corrected chi connectivity index (χ4v) is 2.84. The third-order valence-electron chi connectivity index (χ3n) is 2.56. The van der Waals surface area contributed by atoms with E-state index in [1.165, 1.54) is 0 Å². The summed E-state index contributed by atoms with van der Waals surface area (Å²) in [7, 11) is -11.0. The average molecular weight is 338 g/mol. The quantitative estimate of drug-likeness (QED) is 0.266. The Kier molecular flexibility index (Phi) is 5.48. The monoisotopic (exact) mass is 338 g/mol. The van der Waals surface area contributed by atoms with Crippen molar-refractivity contribution in [3.05, 3.63) is 0 Å². The predicted octanol–water partition coefficient (Wildman–Crippen LogP) is -4.86. The van der Waals surface area contributed by atoms with Gasteiger partial charge in [0, 0.05) is 0 Å². The molecule has 6 N–H and O–H groups in total. The maximum Gasteiger partial charge on any atom is 0.265 e. The number of aliphatic hydroxyl groups is 4. The van der Waals surface area contributed by atoms with Gasteiger partial charge in [-0.3, -0.25) is 9.13 Å². The standard InChI is InChI=1S/C6H14O12P2/c7-1-2(8)4(10)6(18-20(14,15)16)5(3(1)9)17-19(11,12)13/h1-10H,(H2,11,12,13)(H2,14,15,16)/p-2/t1-,2-,3+,4+,5-,6+/m0/s1. The molecule has 12 nitrogen and oxygen atoms in total. The lowest BCUT2D eigenvalue weighted by Crippen LogP contribution is -2.64. The van der Waals surface area contributed by atoms with Gasteiger partial charge in [-0.05, 0) is 0 Å². The molecule has 0 saturated heterocycles. The molecular weight excluding hydrogens is 326 g/mol. The van der Waals surface area contributed by atoms with E-state index < -0.39 is 52.3 Å². The summed E-state index contributed by atoms with van der Waals surface area (Å²) in [4.78, 5) is 38.3. The number of phosphoric acid groups is 2. The second kappa shape index (κ2) is 6.05. The van der Waals surface area contributed by atoms with Crippen LogP contribution in [0, 0.1) is 0 Å². The van der Waals surface area contributed by atoms with E-state index in [1.54, 1.807) is 0 Å². The van der Waals surface area contributed by atoms with Gasteiger partial charge in [0.15, 0.2) is 0 Å². The van der Waals surface area contributed by atoms with E-state index in [9.17, 15) is 39.3 Å². The molecule has 0 amide bonds. The third-order valence-corrected chi connectivity index (χ3v) is 3.58. The Hall–Kier alpha value is 0.0600. The smallest absolute Gasteiger partial charge is 0.265 e. The molecule has 0 aromatic carbocycles. The maximum atomic E-state index is 10.6. The second-order valence-electron chi connectivity index (χ2n) is 4.04. The van der Waals surface area contributed by atoms with E-state index in [2.05, 4.69) is 9.05 Å². The van der Waals surface area contributed by atoms with Gasteiger partial charge >= 0.3 is 0 Å². The van der Waals surface area contributed by atoms with Crippen LogP contribution in [0.1, 0.15) is 0 Å². The fourth-order valence-electron chi connectivity index (χ4n) is 1.73. The van der Waals surface area contributed by atoms with Crippen LogP contribution < -0.4 is 9.79 Å². The molecule has 0 heterocycles. The lowest BCUT2D eigenvalue weighted by Gasteiger charge is -2.45. The van der Waals surface area contributed by atoms with Gasteiger partial charge in [0.05, 0.1) is 0 Å². The molecule has 20 heavy (non-hydrogen) atoms. The summed E-state index contributed by atoms with van der Waals surface area (Å²) in [6.07, 6.45) is -13.3. The first-order chi connectivity index (χ1) is 8.83. The highest BCUT2D eigenvalue weighted by molar-refractivity contribution is 7.45. The van der Waals surface area contributed by atoms with Gasteiger partial charge in [0.2, 0.25) is 0 Å². The van der Waals surface area contributed by atoms with Crippen molar-refractivity contribution in [2.24, 2.45) is 0 Å². The molecule has 14 heteroatoms. The molecule has 2 unspecified atom stereocenters. The summed E-state index contributed by atoms with van der Waals surface area (Å²) >= 11 is 0. The van der Waals surface area contributed by atoms with Crippen LogP contribution in [0.25, 0.3) is 0 Å². The molecule has 0 radical (unpaired) electrons. The highest BCUT2D eigenvalue weighted by Crippen LogP contribution is 2.43. The summed E-state index contributed by atoms with van der Waals surface area (Å²) in [5.74, 6) is 0. The number of hydrogen-bond donors (Lipinski definition) is 6. The molecule has 1 aliphatic rings. The first kappa shape index (κ1) is 18.1. The minimum Gasteiger partial charge on any atom is -0.756 e. The van der Waals surface area contributed by atoms with Crippen molar-refractivity contribution in [3.8, 4) is 0 Å². The maximum absolute atomic E-state index is 10.6. The first-order valence-electron chi connectivity index (χ1n) is 5.00. The fraction of sp³-hybridized carbons (Fsp3) is 1.00. The molecule has 0 aromatic rings. The van der Waals surface area contributed by atoms with Crippen molar-refractivity contribution < 1.29 is 58.2 Å². The van der Waals surface area contributed by atoms with Crippen LogP contribution >= 0.6 is 15.6 Å². The summed E-state index contributed by atoms with van der Waals surface area (Å²) in [6, 6.07) is 0. The second-order valence-corrected chi connectivity index (χ2v) is 6.34. The van der Waals surface area contributed by atoms with Crippen LogP contribution in [0.5, 0.6) is 0 Å². The van der Waals surface area contributed by atoms with E-state index in [4.69, 9.17) is 9.79 Å². The van der Waals surface area contributed by atoms with E-state index >= 15 is 0 Å². The van der Waals surface area contributed by atoms with Crippen LogP contribution in [0.3, 0.4) is 0 Å². The summed E-state index contributed by atoms with van der Waals surface area (Å²) in [5.41, 5.74) is 0. The molecule has 1 fully saturated rings. The van der Waals surface area contributed by atoms with Crippen molar-refractivity contribution in [3.63, 3.8) is 0 Å². The van der Waals surface area contributed by atoms with Crippen LogP contribution in [-0.2, 0) is 18.2 Å². The molecule has 1 saturated carbocycles. The molecule has 0 spiro atoms. The highest BCUT2D eigenvalue weighted by atomic mass is 31.2. The molecule has 1 rings (SSSR count). The Morgan fingerprint density at radius 3 is 1.15 bits per heavy atom. The first-order valence-corrected chi connectivity index (χ1v) is 7.99. The van der Waals surface area contributed by atoms with Gasteiger partial charge in [0.1, 0.15) is 36.6 Å². The number of hydrogen-bond acceptors (Lipinski definition) is 10. The van der Waals surface area contributed by atoms with Gasteiger partial charge in [0.25, 0.3) is 15.6 Å². The molecule has 1 aliphatic carbocycles. The molecule has 8 atom stereocenters. The van der Waals surface area contributed by atoms with Crippen LogP contribution in [-0.4, -0.2) is 66.8 Å². The van der Waals surface area contributed by atoms with E-state index in [1.807, 2.05) is 0 Å². The van der Waals surface area contributed by atoms with Crippen LogP contribution in [0.2, 0.25) is 0 Å². The van der Waals surface area contributed by atoms with E-state index in [0.717, 1.165) is 0 Å². The van der Waals surface area contributed by atoms with E-state index in [-0.39, 0.29) is 0 Å². The normalized spacial score (nSPS) is 44.6. The zero-order valence-electron chi connectivity index (χ0n) is 9.49. The average Bonchev–Trinajstić information content (AvgIpc) is 2.25. The molecule has 120 valence electrons. The van der Waals surface area contributed by atoms with Gasteiger partial charge in [-0.1, -0.05) is 0 Å². The molecule has 0 aromatic heterocycles. The Morgan fingerprint density at radius 2 is 0.950 bits per heavy atom.